The largest absolute Gasteiger partial charge is 0.497 e. The van der Waals surface area contributed by atoms with E-state index in [2.05, 4.69) is 10.3 Å². The molecule has 1 unspecified atom stereocenters. The number of carbonyl (C=O) groups excluding carboxylic acids is 1. The fraction of sp³-hybridized carbons (Fsp3) is 0.222. The summed E-state index contributed by atoms with van der Waals surface area (Å²) in [6.07, 6.45) is -5.22. The minimum absolute atomic E-state index is 0.0594. The van der Waals surface area contributed by atoms with E-state index in [0.29, 0.717) is 11.3 Å². The van der Waals surface area contributed by atoms with E-state index in [4.69, 9.17) is 4.74 Å². The molecule has 1 heterocycles. The zero-order valence-electron chi connectivity index (χ0n) is 13.7. The first-order valence-corrected chi connectivity index (χ1v) is 8.54. The molecule has 26 heavy (non-hydrogen) atoms. The fourth-order valence-corrected chi connectivity index (χ4v) is 3.46. The SMILES string of the molecule is COc1ccc2nc(NC(=O)CC(c3ccccc3)C(F)(F)F)sc2c1. The number of carbonyl (C=O) groups is 1. The Labute approximate surface area is 151 Å². The lowest BCUT2D eigenvalue weighted by molar-refractivity contribution is -0.155. The van der Waals surface area contributed by atoms with Gasteiger partial charge >= 0.3 is 6.18 Å². The molecule has 1 N–H and O–H groups in total. The molecule has 0 aliphatic heterocycles. The molecule has 1 aromatic heterocycles. The number of fused-ring (bicyclic) bond motifs is 1. The summed E-state index contributed by atoms with van der Waals surface area (Å²) in [7, 11) is 1.53. The predicted octanol–water partition coefficient (Wildman–Crippen LogP) is 4.98. The van der Waals surface area contributed by atoms with Crippen molar-refractivity contribution in [1.82, 2.24) is 4.98 Å². The molecule has 0 radical (unpaired) electrons. The standard InChI is InChI=1S/C18H15F3N2O2S/c1-25-12-7-8-14-15(9-12)26-17(22-14)23-16(24)10-13(18(19,20)21)11-5-3-2-4-6-11/h2-9,13H,10H2,1H3,(H,22,23,24). The Bertz CT molecular complexity index is 910. The Morgan fingerprint density at radius 2 is 1.96 bits per heavy atom. The van der Waals surface area contributed by atoms with Gasteiger partial charge in [0.25, 0.3) is 0 Å². The van der Waals surface area contributed by atoms with Crippen molar-refractivity contribution in [3.05, 3.63) is 54.1 Å². The number of amides is 1. The van der Waals surface area contributed by atoms with Gasteiger partial charge in [0, 0.05) is 6.42 Å². The summed E-state index contributed by atoms with van der Waals surface area (Å²) < 4.78 is 45.9. The van der Waals surface area contributed by atoms with Gasteiger partial charge in [-0.05, 0) is 23.8 Å². The van der Waals surface area contributed by atoms with Gasteiger partial charge in [-0.2, -0.15) is 13.2 Å². The van der Waals surface area contributed by atoms with Crippen molar-refractivity contribution in [2.24, 2.45) is 0 Å². The molecule has 0 fully saturated rings. The summed E-state index contributed by atoms with van der Waals surface area (Å²) in [5.74, 6) is -1.96. The number of methoxy groups -OCH3 is 1. The van der Waals surface area contributed by atoms with Crippen LogP contribution in [0.3, 0.4) is 0 Å². The van der Waals surface area contributed by atoms with Gasteiger partial charge in [-0.15, -0.1) is 0 Å². The second-order valence-corrected chi connectivity index (χ2v) is 6.64. The number of thiazole rings is 1. The van der Waals surface area contributed by atoms with Crippen LogP contribution in [0.5, 0.6) is 5.75 Å². The van der Waals surface area contributed by atoms with Gasteiger partial charge in [-0.1, -0.05) is 41.7 Å². The van der Waals surface area contributed by atoms with Crippen molar-refractivity contribution in [2.75, 3.05) is 12.4 Å². The lowest BCUT2D eigenvalue weighted by Crippen LogP contribution is -2.26. The second-order valence-electron chi connectivity index (χ2n) is 5.61. The summed E-state index contributed by atoms with van der Waals surface area (Å²) in [5, 5.41) is 2.73. The molecule has 136 valence electrons. The summed E-state index contributed by atoms with van der Waals surface area (Å²) in [4.78, 5) is 16.4. The molecule has 0 spiro atoms. The highest BCUT2D eigenvalue weighted by Crippen LogP contribution is 2.38. The third kappa shape index (κ3) is 4.13. The number of nitrogens with one attached hydrogen (secondary N) is 1. The van der Waals surface area contributed by atoms with Crippen LogP contribution >= 0.6 is 11.3 Å². The van der Waals surface area contributed by atoms with Gasteiger partial charge in [0.2, 0.25) is 5.91 Å². The van der Waals surface area contributed by atoms with Gasteiger partial charge in [0.05, 0.1) is 23.2 Å². The molecule has 0 saturated heterocycles. The molecular weight excluding hydrogens is 365 g/mol. The summed E-state index contributed by atoms with van der Waals surface area (Å²) in [5.41, 5.74) is 0.700. The third-order valence-electron chi connectivity index (χ3n) is 3.83. The van der Waals surface area contributed by atoms with E-state index in [1.165, 1.54) is 42.7 Å². The molecule has 0 bridgehead atoms. The smallest absolute Gasteiger partial charge is 0.396 e. The first-order chi connectivity index (χ1) is 12.4. The molecule has 0 aliphatic carbocycles. The number of aromatic nitrogens is 1. The molecule has 3 aromatic rings. The maximum Gasteiger partial charge on any atom is 0.396 e. The molecule has 1 atom stereocenters. The molecule has 0 aliphatic rings. The van der Waals surface area contributed by atoms with Crippen LogP contribution in [0.25, 0.3) is 10.2 Å². The Hall–Kier alpha value is -2.61. The van der Waals surface area contributed by atoms with E-state index >= 15 is 0 Å². The van der Waals surface area contributed by atoms with Crippen LogP contribution in [0.2, 0.25) is 0 Å². The Balaban J connectivity index is 1.76. The number of ether oxygens (including phenoxy) is 1. The summed E-state index contributed by atoms with van der Waals surface area (Å²) >= 11 is 1.18. The van der Waals surface area contributed by atoms with Crippen molar-refractivity contribution in [3.8, 4) is 5.75 Å². The molecule has 8 heteroatoms. The Kier molecular flexibility index (Phi) is 5.13. The number of benzene rings is 2. The van der Waals surface area contributed by atoms with Crippen LogP contribution in [0.4, 0.5) is 18.3 Å². The number of anilines is 1. The third-order valence-corrected chi connectivity index (χ3v) is 4.76. The van der Waals surface area contributed by atoms with Gasteiger partial charge in [-0.3, -0.25) is 4.79 Å². The maximum absolute atomic E-state index is 13.3. The van der Waals surface area contributed by atoms with Crippen molar-refractivity contribution >= 4 is 32.6 Å². The van der Waals surface area contributed by atoms with Crippen LogP contribution < -0.4 is 10.1 Å². The number of rotatable bonds is 5. The van der Waals surface area contributed by atoms with E-state index < -0.39 is 24.4 Å². The first-order valence-electron chi connectivity index (χ1n) is 7.73. The average molecular weight is 380 g/mol. The highest BCUT2D eigenvalue weighted by Gasteiger charge is 2.41. The topological polar surface area (TPSA) is 51.2 Å². The zero-order valence-corrected chi connectivity index (χ0v) is 14.5. The highest BCUT2D eigenvalue weighted by atomic mass is 32.1. The van der Waals surface area contributed by atoms with Crippen LogP contribution in [0.15, 0.2) is 48.5 Å². The summed E-state index contributed by atoms with van der Waals surface area (Å²) in [6.45, 7) is 0. The number of hydrogen-bond acceptors (Lipinski definition) is 4. The highest BCUT2D eigenvalue weighted by molar-refractivity contribution is 7.22. The molecule has 2 aromatic carbocycles. The van der Waals surface area contributed by atoms with Crippen LogP contribution in [-0.4, -0.2) is 24.2 Å². The van der Waals surface area contributed by atoms with Crippen LogP contribution in [0.1, 0.15) is 17.9 Å². The second kappa shape index (κ2) is 7.33. The molecule has 0 saturated carbocycles. The number of nitrogens with zero attached hydrogens (tertiary/aromatic N) is 1. The van der Waals surface area contributed by atoms with Crippen LogP contribution in [0, 0.1) is 0 Å². The molecule has 1 amide bonds. The van der Waals surface area contributed by atoms with Crippen molar-refractivity contribution in [1.29, 1.82) is 0 Å². The first kappa shape index (κ1) is 18.2. The molecule has 4 nitrogen and oxygen atoms in total. The lowest BCUT2D eigenvalue weighted by Gasteiger charge is -2.20. The normalized spacial score (nSPS) is 12.8. The van der Waals surface area contributed by atoms with E-state index in [0.717, 1.165) is 4.70 Å². The van der Waals surface area contributed by atoms with E-state index in [-0.39, 0.29) is 10.7 Å². The van der Waals surface area contributed by atoms with E-state index in [1.807, 2.05) is 0 Å². The van der Waals surface area contributed by atoms with Gasteiger partial charge < -0.3 is 10.1 Å². The predicted molar refractivity (Wildman–Crippen MR) is 94.7 cm³/mol. The molecular formula is C18H15F3N2O2S. The van der Waals surface area contributed by atoms with Gasteiger partial charge in [0.1, 0.15) is 5.75 Å². The number of alkyl halides is 3. The average Bonchev–Trinajstić information content (AvgIpc) is 3.00. The van der Waals surface area contributed by atoms with E-state index in [1.54, 1.807) is 24.3 Å². The number of halogens is 3. The minimum atomic E-state index is -4.51. The Morgan fingerprint density at radius 1 is 1.23 bits per heavy atom. The van der Waals surface area contributed by atoms with Crippen molar-refractivity contribution < 1.29 is 22.7 Å². The Morgan fingerprint density at radius 3 is 2.62 bits per heavy atom. The maximum atomic E-state index is 13.3. The minimum Gasteiger partial charge on any atom is -0.497 e. The van der Waals surface area contributed by atoms with Gasteiger partial charge in [0.15, 0.2) is 5.13 Å². The number of hydrogen-bond donors (Lipinski definition) is 1. The lowest BCUT2D eigenvalue weighted by atomic mass is 9.95. The molecule has 3 rings (SSSR count). The van der Waals surface area contributed by atoms with Crippen molar-refractivity contribution in [2.45, 2.75) is 18.5 Å². The van der Waals surface area contributed by atoms with Gasteiger partial charge in [-0.25, -0.2) is 4.98 Å². The fourth-order valence-electron chi connectivity index (χ4n) is 2.55. The van der Waals surface area contributed by atoms with Crippen LogP contribution in [-0.2, 0) is 4.79 Å². The van der Waals surface area contributed by atoms with Crippen molar-refractivity contribution in [3.63, 3.8) is 0 Å². The summed E-state index contributed by atoms with van der Waals surface area (Å²) in [6, 6.07) is 12.6. The monoisotopic (exact) mass is 380 g/mol. The zero-order chi connectivity index (χ0) is 18.7. The van der Waals surface area contributed by atoms with E-state index in [9.17, 15) is 18.0 Å². The quantitative estimate of drug-likeness (QED) is 0.679.